The van der Waals surface area contributed by atoms with E-state index in [1.54, 1.807) is 0 Å². The Labute approximate surface area is 100 Å². The van der Waals surface area contributed by atoms with Crippen molar-refractivity contribution in [3.63, 3.8) is 0 Å². The van der Waals surface area contributed by atoms with Gasteiger partial charge >= 0.3 is 5.97 Å². The molecule has 1 aliphatic rings. The molecule has 1 aromatic rings. The van der Waals surface area contributed by atoms with E-state index in [1.165, 1.54) is 0 Å². The third-order valence-corrected chi connectivity index (χ3v) is 3.68. The molecule has 0 amide bonds. The van der Waals surface area contributed by atoms with E-state index in [-0.39, 0.29) is 11.8 Å². The number of Topliss-reactive ketones (excluding diaryl/α,β-unsaturated/α-hetero) is 1. The van der Waals surface area contributed by atoms with Crippen molar-refractivity contribution in [2.24, 2.45) is 0 Å². The first-order chi connectivity index (χ1) is 8.14. The van der Waals surface area contributed by atoms with E-state index < -0.39 is 11.8 Å². The maximum absolute atomic E-state index is 11.5. The highest BCUT2D eigenvalue weighted by atomic mass is 16.4. The van der Waals surface area contributed by atoms with Gasteiger partial charge < -0.3 is 5.11 Å². The minimum absolute atomic E-state index is 0.131. The minimum Gasteiger partial charge on any atom is -0.476 e. The molecular weight excluding hydrogens is 216 g/mol. The summed E-state index contributed by atoms with van der Waals surface area (Å²) >= 11 is 0. The van der Waals surface area contributed by atoms with Crippen LogP contribution in [0.5, 0.6) is 0 Å². The molecule has 0 bridgehead atoms. The number of ketones is 1. The highest BCUT2D eigenvalue weighted by molar-refractivity contribution is 6.32. The summed E-state index contributed by atoms with van der Waals surface area (Å²) in [5.74, 6) is -1.98. The van der Waals surface area contributed by atoms with Crippen molar-refractivity contribution in [3.05, 3.63) is 35.9 Å². The summed E-state index contributed by atoms with van der Waals surface area (Å²) in [6, 6.07) is 9.83. The summed E-state index contributed by atoms with van der Waals surface area (Å²) in [7, 11) is 0. The zero-order valence-electron chi connectivity index (χ0n) is 9.69. The van der Waals surface area contributed by atoms with Crippen LogP contribution < -0.4 is 0 Å². The normalized spacial score (nSPS) is 17.9. The molecule has 1 fully saturated rings. The predicted octanol–water partition coefficient (Wildman–Crippen LogP) is 2.54. The summed E-state index contributed by atoms with van der Waals surface area (Å²) in [6.07, 6.45) is 4.10. The molecular formula is C14H16O3. The molecule has 0 atom stereocenters. The van der Waals surface area contributed by atoms with Gasteiger partial charge in [0.1, 0.15) is 0 Å². The van der Waals surface area contributed by atoms with Gasteiger partial charge in [0.05, 0.1) is 0 Å². The molecule has 3 nitrogen and oxygen atoms in total. The van der Waals surface area contributed by atoms with Crippen LogP contribution in [0, 0.1) is 0 Å². The van der Waals surface area contributed by atoms with Gasteiger partial charge in [-0.15, -0.1) is 0 Å². The first kappa shape index (κ1) is 11.8. The molecule has 0 radical (unpaired) electrons. The Morgan fingerprint density at radius 2 is 1.71 bits per heavy atom. The smallest absolute Gasteiger partial charge is 0.372 e. The summed E-state index contributed by atoms with van der Waals surface area (Å²) in [4.78, 5) is 22.2. The van der Waals surface area contributed by atoms with Gasteiger partial charge in [0.15, 0.2) is 0 Å². The van der Waals surface area contributed by atoms with Gasteiger partial charge in [-0.05, 0) is 18.4 Å². The fourth-order valence-corrected chi connectivity index (χ4v) is 2.79. The summed E-state index contributed by atoms with van der Waals surface area (Å²) < 4.78 is 0. The molecule has 1 aromatic carbocycles. The van der Waals surface area contributed by atoms with Crippen molar-refractivity contribution in [2.45, 2.75) is 37.5 Å². The third-order valence-electron chi connectivity index (χ3n) is 3.68. The van der Waals surface area contributed by atoms with Crippen LogP contribution in [0.2, 0.25) is 0 Å². The van der Waals surface area contributed by atoms with Crippen LogP contribution in [0.1, 0.15) is 37.7 Å². The summed E-state index contributed by atoms with van der Waals surface area (Å²) in [6.45, 7) is 0. The van der Waals surface area contributed by atoms with Gasteiger partial charge in [-0.1, -0.05) is 43.2 Å². The lowest BCUT2D eigenvalue weighted by Crippen LogP contribution is -2.29. The molecule has 1 saturated carbocycles. The Morgan fingerprint density at radius 3 is 2.24 bits per heavy atom. The fraction of sp³-hybridized carbons (Fsp3) is 0.429. The van der Waals surface area contributed by atoms with Crippen LogP contribution in [0.4, 0.5) is 0 Å². The number of carboxylic acid groups (broad SMARTS) is 1. The number of hydrogen-bond acceptors (Lipinski definition) is 2. The van der Waals surface area contributed by atoms with Gasteiger partial charge in [0, 0.05) is 11.8 Å². The number of hydrogen-bond donors (Lipinski definition) is 1. The highest BCUT2D eigenvalue weighted by Crippen LogP contribution is 2.43. The van der Waals surface area contributed by atoms with Crippen LogP contribution >= 0.6 is 0 Å². The standard InChI is InChI=1S/C14H16O3/c15-12(13(16)17)10-14(8-4-5-9-14)11-6-2-1-3-7-11/h1-3,6-7H,4-5,8-10H2,(H,16,17). The molecule has 0 spiro atoms. The quantitative estimate of drug-likeness (QED) is 0.811. The number of carboxylic acids is 1. The Kier molecular flexibility index (Phi) is 3.27. The van der Waals surface area contributed by atoms with Crippen molar-refractivity contribution in [2.75, 3.05) is 0 Å². The first-order valence-electron chi connectivity index (χ1n) is 5.96. The van der Waals surface area contributed by atoms with E-state index >= 15 is 0 Å². The SMILES string of the molecule is O=C(O)C(=O)CC1(c2ccccc2)CCCC1. The molecule has 17 heavy (non-hydrogen) atoms. The van der Waals surface area contributed by atoms with Gasteiger partial charge in [-0.2, -0.15) is 0 Å². The maximum Gasteiger partial charge on any atom is 0.372 e. The molecule has 3 heteroatoms. The number of carbonyl (C=O) groups excluding carboxylic acids is 1. The van der Waals surface area contributed by atoms with Crippen molar-refractivity contribution >= 4 is 11.8 Å². The third kappa shape index (κ3) is 2.38. The van der Waals surface area contributed by atoms with Crippen LogP contribution in [0.25, 0.3) is 0 Å². The molecule has 2 rings (SSSR count). The van der Waals surface area contributed by atoms with E-state index in [9.17, 15) is 9.59 Å². The van der Waals surface area contributed by atoms with Crippen LogP contribution in [0.3, 0.4) is 0 Å². The lowest BCUT2D eigenvalue weighted by atomic mass is 9.75. The molecule has 1 aliphatic carbocycles. The Balaban J connectivity index is 2.27. The van der Waals surface area contributed by atoms with Gasteiger partial charge in [0.25, 0.3) is 0 Å². The van der Waals surface area contributed by atoms with E-state index in [1.807, 2.05) is 30.3 Å². The molecule has 0 heterocycles. The second kappa shape index (κ2) is 4.70. The zero-order valence-corrected chi connectivity index (χ0v) is 9.69. The van der Waals surface area contributed by atoms with Gasteiger partial charge in [-0.25, -0.2) is 4.79 Å². The topological polar surface area (TPSA) is 54.4 Å². The average Bonchev–Trinajstić information content (AvgIpc) is 2.80. The van der Waals surface area contributed by atoms with Crippen LogP contribution in [-0.4, -0.2) is 16.9 Å². The summed E-state index contributed by atoms with van der Waals surface area (Å²) in [5.41, 5.74) is 0.864. The summed E-state index contributed by atoms with van der Waals surface area (Å²) in [5, 5.41) is 8.75. The number of carbonyl (C=O) groups is 2. The number of rotatable bonds is 4. The maximum atomic E-state index is 11.5. The van der Waals surface area contributed by atoms with Gasteiger partial charge in [-0.3, -0.25) is 4.79 Å². The molecule has 0 unspecified atom stereocenters. The van der Waals surface area contributed by atoms with Crippen molar-refractivity contribution < 1.29 is 14.7 Å². The Bertz CT molecular complexity index is 416. The van der Waals surface area contributed by atoms with E-state index in [0.29, 0.717) is 0 Å². The van der Waals surface area contributed by atoms with Crippen LogP contribution in [-0.2, 0) is 15.0 Å². The number of benzene rings is 1. The van der Waals surface area contributed by atoms with Crippen molar-refractivity contribution in [1.29, 1.82) is 0 Å². The molecule has 1 N–H and O–H groups in total. The highest BCUT2D eigenvalue weighted by Gasteiger charge is 2.38. The lowest BCUT2D eigenvalue weighted by Gasteiger charge is -2.28. The molecule has 0 aliphatic heterocycles. The molecule has 0 aromatic heterocycles. The van der Waals surface area contributed by atoms with E-state index in [4.69, 9.17) is 5.11 Å². The molecule has 0 saturated heterocycles. The van der Waals surface area contributed by atoms with Crippen LogP contribution in [0.15, 0.2) is 30.3 Å². The monoisotopic (exact) mass is 232 g/mol. The average molecular weight is 232 g/mol. The molecule has 90 valence electrons. The Hall–Kier alpha value is -1.64. The fourth-order valence-electron chi connectivity index (χ4n) is 2.79. The minimum atomic E-state index is -1.31. The number of aliphatic carboxylic acids is 1. The van der Waals surface area contributed by atoms with E-state index in [0.717, 1.165) is 31.2 Å². The largest absolute Gasteiger partial charge is 0.476 e. The second-order valence-electron chi connectivity index (χ2n) is 4.76. The predicted molar refractivity (Wildman–Crippen MR) is 63.8 cm³/mol. The lowest BCUT2D eigenvalue weighted by molar-refractivity contribution is -0.149. The first-order valence-corrected chi connectivity index (χ1v) is 5.96. The Morgan fingerprint density at radius 1 is 1.12 bits per heavy atom. The van der Waals surface area contributed by atoms with Gasteiger partial charge in [0.2, 0.25) is 5.78 Å². The van der Waals surface area contributed by atoms with Crippen molar-refractivity contribution in [1.82, 2.24) is 0 Å². The zero-order chi connectivity index (χ0) is 12.3. The van der Waals surface area contributed by atoms with Crippen molar-refractivity contribution in [3.8, 4) is 0 Å². The second-order valence-corrected chi connectivity index (χ2v) is 4.76. The van der Waals surface area contributed by atoms with E-state index in [2.05, 4.69) is 0 Å².